The molecule has 0 bridgehead atoms. The molecule has 1 heterocycles. The van der Waals surface area contributed by atoms with Crippen molar-refractivity contribution in [2.75, 3.05) is 13.2 Å². The SMILES string of the molecule is CCCCCC/C=C\CCCCCCCC(=O)NC(COC1OC(CO)C(O)C(O)C1O)C(O)/C=C/CCCCCCCCCCCCCCCCCCCCCCCCCCC. The molecule has 1 saturated heterocycles. The average Bonchev–Trinajstić information content (AvgIpc) is 3.28. The van der Waals surface area contributed by atoms with Gasteiger partial charge in [-0.1, -0.05) is 231 Å². The van der Waals surface area contributed by atoms with Crippen LogP contribution in [0.2, 0.25) is 0 Å². The molecule has 1 fully saturated rings. The Morgan fingerprint density at radius 1 is 0.524 bits per heavy atom. The lowest BCUT2D eigenvalue weighted by Gasteiger charge is -2.40. The molecule has 1 amide bonds. The summed E-state index contributed by atoms with van der Waals surface area (Å²) in [5.74, 6) is -0.184. The fraction of sp³-hybridized carbons (Fsp3) is 0.907. The Hall–Kier alpha value is -1.33. The van der Waals surface area contributed by atoms with Gasteiger partial charge in [-0.05, 0) is 44.9 Å². The van der Waals surface area contributed by atoms with E-state index in [4.69, 9.17) is 9.47 Å². The number of carbonyl (C=O) groups is 1. The van der Waals surface area contributed by atoms with E-state index in [1.54, 1.807) is 6.08 Å². The summed E-state index contributed by atoms with van der Waals surface area (Å²) in [5.41, 5.74) is 0. The highest BCUT2D eigenvalue weighted by Gasteiger charge is 2.44. The van der Waals surface area contributed by atoms with Crippen LogP contribution >= 0.6 is 0 Å². The van der Waals surface area contributed by atoms with E-state index in [1.807, 2.05) is 6.08 Å². The second kappa shape index (κ2) is 44.5. The van der Waals surface area contributed by atoms with Crippen molar-refractivity contribution < 1.29 is 39.8 Å². The van der Waals surface area contributed by atoms with Crippen LogP contribution in [0.5, 0.6) is 0 Å². The molecule has 6 N–H and O–H groups in total. The summed E-state index contributed by atoms with van der Waals surface area (Å²) >= 11 is 0. The minimum atomic E-state index is -1.57. The van der Waals surface area contributed by atoms with Crippen LogP contribution in [-0.4, -0.2) is 87.5 Å². The Kier molecular flexibility index (Phi) is 42.2. The van der Waals surface area contributed by atoms with Crippen molar-refractivity contribution in [2.45, 2.75) is 301 Å². The summed E-state index contributed by atoms with van der Waals surface area (Å²) < 4.78 is 11.2. The Morgan fingerprint density at radius 2 is 0.889 bits per heavy atom. The van der Waals surface area contributed by atoms with Crippen molar-refractivity contribution in [2.24, 2.45) is 0 Å². The van der Waals surface area contributed by atoms with Gasteiger partial charge in [0, 0.05) is 6.42 Å². The van der Waals surface area contributed by atoms with Gasteiger partial charge in [-0.25, -0.2) is 0 Å². The topological polar surface area (TPSA) is 149 Å². The first kappa shape index (κ1) is 59.7. The van der Waals surface area contributed by atoms with Crippen LogP contribution in [0.15, 0.2) is 24.3 Å². The molecule has 0 saturated carbocycles. The Balaban J connectivity index is 2.21. The zero-order chi connectivity index (χ0) is 45.9. The van der Waals surface area contributed by atoms with Crippen molar-refractivity contribution in [3.05, 3.63) is 24.3 Å². The Morgan fingerprint density at radius 3 is 1.30 bits per heavy atom. The van der Waals surface area contributed by atoms with Gasteiger partial charge in [0.05, 0.1) is 25.4 Å². The molecule has 372 valence electrons. The molecular formula is C54H103NO8. The van der Waals surface area contributed by atoms with E-state index in [9.17, 15) is 30.3 Å². The number of unbranched alkanes of at least 4 members (excludes halogenated alkanes) is 34. The highest BCUT2D eigenvalue weighted by Crippen LogP contribution is 2.23. The van der Waals surface area contributed by atoms with Gasteiger partial charge in [-0.15, -0.1) is 0 Å². The molecule has 0 aromatic carbocycles. The van der Waals surface area contributed by atoms with E-state index in [0.717, 1.165) is 57.8 Å². The number of ether oxygens (including phenoxy) is 2. The van der Waals surface area contributed by atoms with Crippen LogP contribution in [0.3, 0.4) is 0 Å². The average molecular weight is 894 g/mol. The lowest BCUT2D eigenvalue weighted by atomic mass is 9.99. The lowest BCUT2D eigenvalue weighted by Crippen LogP contribution is -2.60. The monoisotopic (exact) mass is 894 g/mol. The Bertz CT molecular complexity index is 1040. The van der Waals surface area contributed by atoms with Crippen LogP contribution in [0, 0.1) is 0 Å². The van der Waals surface area contributed by atoms with Crippen molar-refractivity contribution in [1.82, 2.24) is 5.32 Å². The first-order valence-electron chi connectivity index (χ1n) is 27.1. The third kappa shape index (κ3) is 34.6. The van der Waals surface area contributed by atoms with E-state index in [-0.39, 0.29) is 12.5 Å². The van der Waals surface area contributed by atoms with Gasteiger partial charge in [0.15, 0.2) is 6.29 Å². The number of allylic oxidation sites excluding steroid dienone is 3. The second-order valence-corrected chi connectivity index (χ2v) is 19.0. The molecule has 9 heteroatoms. The number of hydrogen-bond donors (Lipinski definition) is 6. The molecule has 1 aliphatic rings. The van der Waals surface area contributed by atoms with Crippen molar-refractivity contribution in [3.8, 4) is 0 Å². The third-order valence-electron chi connectivity index (χ3n) is 13.0. The highest BCUT2D eigenvalue weighted by molar-refractivity contribution is 5.76. The summed E-state index contributed by atoms with van der Waals surface area (Å²) in [4.78, 5) is 13.0. The molecule has 1 rings (SSSR count). The summed E-state index contributed by atoms with van der Waals surface area (Å²) in [6, 6.07) is -0.807. The van der Waals surface area contributed by atoms with E-state index in [0.29, 0.717) is 6.42 Å². The molecular weight excluding hydrogens is 791 g/mol. The van der Waals surface area contributed by atoms with Gasteiger partial charge in [-0.3, -0.25) is 4.79 Å². The standard InChI is InChI=1S/C54H103NO8/c1-3-5-7-9-11-13-15-17-18-19-20-21-22-23-24-25-26-27-28-29-30-32-33-35-37-39-41-43-48(57)47(46-62-54-53(61)52(60)51(59)49(45-56)63-54)55-50(58)44-42-40-38-36-34-31-16-14-12-10-8-6-4-2/h14,16,41,43,47-49,51-54,56-57,59-61H,3-13,15,17-40,42,44-46H2,1-2H3,(H,55,58)/b16-14-,43-41+. The summed E-state index contributed by atoms with van der Waals surface area (Å²) in [6.45, 7) is 3.77. The number of carbonyl (C=O) groups excluding carboxylic acids is 1. The van der Waals surface area contributed by atoms with E-state index >= 15 is 0 Å². The van der Waals surface area contributed by atoms with Crippen LogP contribution in [0.4, 0.5) is 0 Å². The number of nitrogens with one attached hydrogen (secondary N) is 1. The van der Waals surface area contributed by atoms with E-state index in [1.165, 1.54) is 180 Å². The molecule has 7 unspecified atom stereocenters. The van der Waals surface area contributed by atoms with Gasteiger partial charge >= 0.3 is 0 Å². The minimum Gasteiger partial charge on any atom is -0.394 e. The summed E-state index contributed by atoms with van der Waals surface area (Å²) in [6.07, 6.45) is 48.2. The first-order valence-corrected chi connectivity index (χ1v) is 27.1. The van der Waals surface area contributed by atoms with Crippen molar-refractivity contribution in [3.63, 3.8) is 0 Å². The number of hydrogen-bond acceptors (Lipinski definition) is 8. The van der Waals surface area contributed by atoms with Crippen molar-refractivity contribution in [1.29, 1.82) is 0 Å². The molecule has 0 spiro atoms. The molecule has 63 heavy (non-hydrogen) atoms. The van der Waals surface area contributed by atoms with Gasteiger partial charge in [0.25, 0.3) is 0 Å². The fourth-order valence-corrected chi connectivity index (χ4v) is 8.68. The minimum absolute atomic E-state index is 0.184. The number of rotatable bonds is 46. The molecule has 7 atom stereocenters. The largest absolute Gasteiger partial charge is 0.394 e. The molecule has 0 aromatic rings. The molecule has 0 aromatic heterocycles. The van der Waals surface area contributed by atoms with Gasteiger partial charge in [-0.2, -0.15) is 0 Å². The van der Waals surface area contributed by atoms with E-state index < -0.39 is 49.5 Å². The zero-order valence-corrected chi connectivity index (χ0v) is 41.1. The van der Waals surface area contributed by atoms with Gasteiger partial charge in [0.1, 0.15) is 24.4 Å². The number of aliphatic hydroxyl groups excluding tert-OH is 5. The quantitative estimate of drug-likeness (QED) is 0.0261. The van der Waals surface area contributed by atoms with E-state index in [2.05, 4.69) is 31.3 Å². The molecule has 0 aliphatic carbocycles. The predicted octanol–water partition coefficient (Wildman–Crippen LogP) is 12.6. The van der Waals surface area contributed by atoms with Gasteiger partial charge < -0.3 is 40.3 Å². The fourth-order valence-electron chi connectivity index (χ4n) is 8.68. The van der Waals surface area contributed by atoms with Crippen LogP contribution in [0.1, 0.15) is 258 Å². The maximum Gasteiger partial charge on any atom is 0.220 e. The maximum absolute atomic E-state index is 13.0. The normalized spacial score (nSPS) is 20.3. The summed E-state index contributed by atoms with van der Waals surface area (Å²) in [5, 5.41) is 54.3. The smallest absolute Gasteiger partial charge is 0.220 e. The number of aliphatic hydroxyl groups is 5. The molecule has 1 aliphatic heterocycles. The summed E-state index contributed by atoms with van der Waals surface area (Å²) in [7, 11) is 0. The predicted molar refractivity (Wildman–Crippen MR) is 263 cm³/mol. The third-order valence-corrected chi connectivity index (χ3v) is 13.0. The van der Waals surface area contributed by atoms with Crippen LogP contribution < -0.4 is 5.32 Å². The van der Waals surface area contributed by atoms with Crippen LogP contribution in [0.25, 0.3) is 0 Å². The second-order valence-electron chi connectivity index (χ2n) is 19.0. The van der Waals surface area contributed by atoms with Crippen molar-refractivity contribution >= 4 is 5.91 Å². The lowest BCUT2D eigenvalue weighted by molar-refractivity contribution is -0.302. The molecule has 9 nitrogen and oxygen atoms in total. The first-order chi connectivity index (χ1) is 30.8. The maximum atomic E-state index is 13.0. The van der Waals surface area contributed by atoms with Gasteiger partial charge in [0.2, 0.25) is 5.91 Å². The highest BCUT2D eigenvalue weighted by atomic mass is 16.7. The number of amides is 1. The Labute approximate surface area is 388 Å². The van der Waals surface area contributed by atoms with Crippen LogP contribution in [-0.2, 0) is 14.3 Å². The zero-order valence-electron chi connectivity index (χ0n) is 41.1. The molecule has 0 radical (unpaired) electrons.